The second-order valence-electron chi connectivity index (χ2n) is 4.43. The van der Waals surface area contributed by atoms with Gasteiger partial charge >= 0.3 is 0 Å². The molecule has 100 valence electrons. The van der Waals surface area contributed by atoms with Crippen LogP contribution in [0, 0.1) is 11.7 Å². The first-order chi connectivity index (χ1) is 8.70. The third-order valence-corrected chi connectivity index (χ3v) is 3.14. The van der Waals surface area contributed by atoms with E-state index < -0.39 is 5.82 Å². The van der Waals surface area contributed by atoms with Gasteiger partial charge in [0.25, 0.3) is 0 Å². The summed E-state index contributed by atoms with van der Waals surface area (Å²) in [5, 5.41) is 6.00. The average molecular weight is 254 g/mol. The molecule has 1 fully saturated rings. The van der Waals surface area contributed by atoms with Crippen molar-refractivity contribution in [3.05, 3.63) is 12.0 Å². The van der Waals surface area contributed by atoms with Gasteiger partial charge in [0.15, 0.2) is 11.6 Å². The van der Waals surface area contributed by atoms with Gasteiger partial charge in [0.1, 0.15) is 0 Å². The van der Waals surface area contributed by atoms with Crippen LogP contribution in [0.3, 0.4) is 0 Å². The normalized spacial score (nSPS) is 23.1. The van der Waals surface area contributed by atoms with Crippen LogP contribution < -0.4 is 10.6 Å². The van der Waals surface area contributed by atoms with Gasteiger partial charge in [0.2, 0.25) is 5.95 Å². The Morgan fingerprint density at radius 3 is 3.00 bits per heavy atom. The molecule has 0 aliphatic carbocycles. The molecule has 2 heterocycles. The van der Waals surface area contributed by atoms with E-state index in [1.807, 2.05) is 13.8 Å². The third kappa shape index (κ3) is 3.07. The van der Waals surface area contributed by atoms with Crippen LogP contribution in [0.1, 0.15) is 20.3 Å². The van der Waals surface area contributed by atoms with Crippen LogP contribution in [0.4, 0.5) is 16.2 Å². The third-order valence-electron chi connectivity index (χ3n) is 3.14. The fourth-order valence-electron chi connectivity index (χ4n) is 2.01. The lowest BCUT2D eigenvalue weighted by molar-refractivity contribution is 0.108. The number of ether oxygens (including phenoxy) is 1. The van der Waals surface area contributed by atoms with Crippen molar-refractivity contribution in [2.24, 2.45) is 5.92 Å². The molecule has 0 bridgehead atoms. The van der Waals surface area contributed by atoms with Crippen LogP contribution >= 0.6 is 0 Å². The smallest absolute Gasteiger partial charge is 0.224 e. The van der Waals surface area contributed by atoms with Gasteiger partial charge in [-0.1, -0.05) is 0 Å². The van der Waals surface area contributed by atoms with Gasteiger partial charge in [0, 0.05) is 25.6 Å². The van der Waals surface area contributed by atoms with Crippen molar-refractivity contribution in [1.29, 1.82) is 0 Å². The van der Waals surface area contributed by atoms with Gasteiger partial charge in [0.05, 0.1) is 12.3 Å². The zero-order valence-electron chi connectivity index (χ0n) is 10.7. The van der Waals surface area contributed by atoms with E-state index in [0.29, 0.717) is 25.0 Å². The van der Waals surface area contributed by atoms with Crippen molar-refractivity contribution < 1.29 is 9.13 Å². The van der Waals surface area contributed by atoms with E-state index in [4.69, 9.17) is 4.74 Å². The minimum atomic E-state index is -0.428. The van der Waals surface area contributed by atoms with E-state index >= 15 is 0 Å². The molecule has 1 saturated heterocycles. The lowest BCUT2D eigenvalue weighted by Crippen LogP contribution is -2.22. The fraction of sp³-hybridized carbons (Fsp3) is 0.667. The summed E-state index contributed by atoms with van der Waals surface area (Å²) >= 11 is 0. The van der Waals surface area contributed by atoms with Crippen molar-refractivity contribution in [3.8, 4) is 0 Å². The Kier molecular flexibility index (Phi) is 4.30. The van der Waals surface area contributed by atoms with E-state index in [-0.39, 0.29) is 11.9 Å². The van der Waals surface area contributed by atoms with Gasteiger partial charge in [-0.2, -0.15) is 4.98 Å². The molecule has 2 atom stereocenters. The summed E-state index contributed by atoms with van der Waals surface area (Å²) in [6, 6.07) is 0. The lowest BCUT2D eigenvalue weighted by Gasteiger charge is -2.15. The summed E-state index contributed by atoms with van der Waals surface area (Å²) in [5.74, 6) is 0.669. The molecule has 0 spiro atoms. The van der Waals surface area contributed by atoms with Crippen molar-refractivity contribution >= 4 is 11.8 Å². The second-order valence-corrected chi connectivity index (χ2v) is 4.43. The van der Waals surface area contributed by atoms with Crippen LogP contribution in [-0.4, -0.2) is 35.8 Å². The molecule has 5 nitrogen and oxygen atoms in total. The molecule has 1 aliphatic heterocycles. The Morgan fingerprint density at radius 1 is 1.50 bits per heavy atom. The molecule has 1 aliphatic rings. The first-order valence-electron chi connectivity index (χ1n) is 6.32. The quantitative estimate of drug-likeness (QED) is 0.840. The van der Waals surface area contributed by atoms with Crippen LogP contribution in [0.15, 0.2) is 6.20 Å². The summed E-state index contributed by atoms with van der Waals surface area (Å²) in [5.41, 5.74) is 0. The standard InChI is InChI=1S/C12H19FN4O/c1-3-14-12-16-7-10(13)11(17-12)15-6-9-4-5-18-8(9)2/h7-9H,3-6H2,1-2H3,(H2,14,15,16,17). The number of anilines is 2. The van der Waals surface area contributed by atoms with E-state index in [9.17, 15) is 4.39 Å². The summed E-state index contributed by atoms with van der Waals surface area (Å²) in [6.07, 6.45) is 2.40. The summed E-state index contributed by atoms with van der Waals surface area (Å²) in [6.45, 7) is 6.14. The van der Waals surface area contributed by atoms with E-state index in [2.05, 4.69) is 20.6 Å². The van der Waals surface area contributed by atoms with Gasteiger partial charge in [-0.15, -0.1) is 0 Å². The Bertz CT molecular complexity index is 402. The maximum atomic E-state index is 13.5. The maximum Gasteiger partial charge on any atom is 0.224 e. The zero-order chi connectivity index (χ0) is 13.0. The number of rotatable bonds is 5. The Balaban J connectivity index is 1.97. The van der Waals surface area contributed by atoms with Gasteiger partial charge in [-0.25, -0.2) is 9.37 Å². The van der Waals surface area contributed by atoms with Gasteiger partial charge in [-0.3, -0.25) is 0 Å². The number of hydrogen-bond donors (Lipinski definition) is 2. The fourth-order valence-corrected chi connectivity index (χ4v) is 2.01. The van der Waals surface area contributed by atoms with E-state index in [1.165, 1.54) is 6.20 Å². The molecule has 1 aromatic heterocycles. The highest BCUT2D eigenvalue weighted by molar-refractivity contribution is 5.41. The SMILES string of the molecule is CCNc1ncc(F)c(NCC2CCOC2C)n1. The number of hydrogen-bond acceptors (Lipinski definition) is 5. The highest BCUT2D eigenvalue weighted by Gasteiger charge is 2.24. The molecule has 0 saturated carbocycles. The number of aromatic nitrogens is 2. The predicted molar refractivity (Wildman–Crippen MR) is 68.2 cm³/mol. The van der Waals surface area contributed by atoms with Crippen molar-refractivity contribution in [2.75, 3.05) is 30.3 Å². The summed E-state index contributed by atoms with van der Waals surface area (Å²) in [7, 11) is 0. The Morgan fingerprint density at radius 2 is 2.33 bits per heavy atom. The molecule has 0 aromatic carbocycles. The van der Waals surface area contributed by atoms with E-state index in [1.54, 1.807) is 0 Å². The molecular weight excluding hydrogens is 235 g/mol. The minimum absolute atomic E-state index is 0.218. The molecular formula is C12H19FN4O. The highest BCUT2D eigenvalue weighted by atomic mass is 19.1. The van der Waals surface area contributed by atoms with Crippen LogP contribution in [0.25, 0.3) is 0 Å². The Hall–Kier alpha value is -1.43. The van der Waals surface area contributed by atoms with Crippen molar-refractivity contribution in [3.63, 3.8) is 0 Å². The van der Waals surface area contributed by atoms with Gasteiger partial charge in [-0.05, 0) is 20.3 Å². The molecule has 6 heteroatoms. The largest absolute Gasteiger partial charge is 0.378 e. The molecule has 0 radical (unpaired) electrons. The predicted octanol–water partition coefficient (Wildman–Crippen LogP) is 1.88. The average Bonchev–Trinajstić information content (AvgIpc) is 2.76. The van der Waals surface area contributed by atoms with Crippen molar-refractivity contribution in [2.45, 2.75) is 26.4 Å². The highest BCUT2D eigenvalue weighted by Crippen LogP contribution is 2.21. The maximum absolute atomic E-state index is 13.5. The molecule has 18 heavy (non-hydrogen) atoms. The summed E-state index contributed by atoms with van der Waals surface area (Å²) < 4.78 is 19.0. The van der Waals surface area contributed by atoms with Crippen LogP contribution in [-0.2, 0) is 4.74 Å². The monoisotopic (exact) mass is 254 g/mol. The van der Waals surface area contributed by atoms with Crippen molar-refractivity contribution in [1.82, 2.24) is 9.97 Å². The topological polar surface area (TPSA) is 59.1 Å². The molecule has 2 rings (SSSR count). The Labute approximate surface area is 106 Å². The van der Waals surface area contributed by atoms with Crippen LogP contribution in [0.2, 0.25) is 0 Å². The molecule has 2 N–H and O–H groups in total. The number of nitrogens with zero attached hydrogens (tertiary/aromatic N) is 2. The zero-order valence-corrected chi connectivity index (χ0v) is 10.7. The van der Waals surface area contributed by atoms with Crippen LogP contribution in [0.5, 0.6) is 0 Å². The summed E-state index contributed by atoms with van der Waals surface area (Å²) in [4.78, 5) is 7.96. The first-order valence-corrected chi connectivity index (χ1v) is 6.32. The number of nitrogens with one attached hydrogen (secondary N) is 2. The number of halogens is 1. The van der Waals surface area contributed by atoms with Gasteiger partial charge < -0.3 is 15.4 Å². The minimum Gasteiger partial charge on any atom is -0.378 e. The first kappa shape index (κ1) is 13.0. The molecule has 0 amide bonds. The second kappa shape index (κ2) is 5.95. The molecule has 2 unspecified atom stereocenters. The van der Waals surface area contributed by atoms with E-state index in [0.717, 1.165) is 13.0 Å². The molecule has 1 aromatic rings. The lowest BCUT2D eigenvalue weighted by atomic mass is 10.0.